The van der Waals surface area contributed by atoms with Gasteiger partial charge < -0.3 is 9.73 Å². The number of amides is 1. The maximum Gasteiger partial charge on any atom is 0.280 e. The van der Waals surface area contributed by atoms with Gasteiger partial charge in [0, 0.05) is 18.7 Å². The summed E-state index contributed by atoms with van der Waals surface area (Å²) in [6.45, 7) is 0.434. The maximum atomic E-state index is 11.9. The van der Waals surface area contributed by atoms with Crippen LogP contribution in [0, 0.1) is 10.1 Å². The average molecular weight is 348 g/mol. The van der Waals surface area contributed by atoms with Crippen molar-refractivity contribution in [3.63, 3.8) is 0 Å². The molecule has 0 atom stereocenters. The molecule has 3 aromatic rings. The lowest BCUT2D eigenvalue weighted by Crippen LogP contribution is -2.20. The molecule has 0 radical (unpaired) electrons. The van der Waals surface area contributed by atoms with E-state index in [4.69, 9.17) is 4.42 Å². The molecule has 1 N–H and O–H groups in total. The maximum absolute atomic E-state index is 11.9. The Bertz CT molecular complexity index is 945. The minimum absolute atomic E-state index is 0.0296. The fraction of sp³-hybridized carbons (Fsp3) is 0.0500. The van der Waals surface area contributed by atoms with Crippen molar-refractivity contribution in [2.24, 2.45) is 0 Å². The lowest BCUT2D eigenvalue weighted by Gasteiger charge is -2.01. The van der Waals surface area contributed by atoms with Gasteiger partial charge >= 0.3 is 0 Å². The van der Waals surface area contributed by atoms with Gasteiger partial charge in [-0.1, -0.05) is 42.5 Å². The molecule has 0 bridgehead atoms. The van der Waals surface area contributed by atoms with Crippen LogP contribution >= 0.6 is 0 Å². The van der Waals surface area contributed by atoms with E-state index < -0.39 is 4.92 Å². The van der Waals surface area contributed by atoms with Crippen molar-refractivity contribution in [3.05, 3.63) is 94.2 Å². The SMILES string of the molecule is O=C(/C=C/c1ccc(-c2ccccc2[N+](=O)[O-])o1)NCc1ccccc1. The number of nitrogens with zero attached hydrogens (tertiary/aromatic N) is 1. The van der Waals surface area contributed by atoms with Crippen molar-refractivity contribution < 1.29 is 14.1 Å². The fourth-order valence-corrected chi connectivity index (χ4v) is 2.43. The first-order valence-electron chi connectivity index (χ1n) is 7.97. The zero-order chi connectivity index (χ0) is 18.4. The van der Waals surface area contributed by atoms with Crippen LogP contribution in [0.25, 0.3) is 17.4 Å². The third-order valence-electron chi connectivity index (χ3n) is 3.70. The Morgan fingerprint density at radius 3 is 2.54 bits per heavy atom. The molecule has 0 unspecified atom stereocenters. The minimum atomic E-state index is -0.454. The zero-order valence-corrected chi connectivity index (χ0v) is 13.8. The van der Waals surface area contributed by atoms with Gasteiger partial charge in [-0.15, -0.1) is 0 Å². The molecule has 26 heavy (non-hydrogen) atoms. The number of para-hydroxylation sites is 1. The molecule has 1 heterocycles. The van der Waals surface area contributed by atoms with Gasteiger partial charge in [-0.2, -0.15) is 0 Å². The van der Waals surface area contributed by atoms with Gasteiger partial charge in [0.25, 0.3) is 5.69 Å². The Morgan fingerprint density at radius 2 is 1.77 bits per heavy atom. The number of benzene rings is 2. The van der Waals surface area contributed by atoms with Crippen molar-refractivity contribution in [2.45, 2.75) is 6.54 Å². The third-order valence-corrected chi connectivity index (χ3v) is 3.70. The predicted octanol–water partition coefficient (Wildman–Crippen LogP) is 4.18. The summed E-state index contributed by atoms with van der Waals surface area (Å²) in [7, 11) is 0. The summed E-state index contributed by atoms with van der Waals surface area (Å²) in [4.78, 5) is 22.5. The van der Waals surface area contributed by atoms with Crippen LogP contribution < -0.4 is 5.32 Å². The van der Waals surface area contributed by atoms with Gasteiger partial charge in [0.1, 0.15) is 11.5 Å². The minimum Gasteiger partial charge on any atom is -0.456 e. The second kappa shape index (κ2) is 7.94. The monoisotopic (exact) mass is 348 g/mol. The number of rotatable bonds is 6. The average Bonchev–Trinajstić information content (AvgIpc) is 3.14. The molecule has 6 heteroatoms. The first kappa shape index (κ1) is 17.2. The van der Waals surface area contributed by atoms with Crippen molar-refractivity contribution in [3.8, 4) is 11.3 Å². The highest BCUT2D eigenvalue weighted by Crippen LogP contribution is 2.31. The van der Waals surface area contributed by atoms with Gasteiger partial charge in [0.2, 0.25) is 5.91 Å². The number of nitro groups is 1. The summed E-state index contributed by atoms with van der Waals surface area (Å²) in [5.74, 6) is 0.562. The highest BCUT2D eigenvalue weighted by molar-refractivity contribution is 5.91. The number of carbonyl (C=O) groups is 1. The molecule has 0 saturated heterocycles. The molecule has 0 spiro atoms. The first-order valence-corrected chi connectivity index (χ1v) is 7.97. The van der Waals surface area contributed by atoms with Gasteiger partial charge in [-0.25, -0.2) is 0 Å². The van der Waals surface area contributed by atoms with Gasteiger partial charge in [0.15, 0.2) is 0 Å². The van der Waals surface area contributed by atoms with Crippen LogP contribution in [0.15, 0.2) is 77.2 Å². The summed E-state index contributed by atoms with van der Waals surface area (Å²) in [5, 5.41) is 13.9. The topological polar surface area (TPSA) is 85.4 Å². The van der Waals surface area contributed by atoms with E-state index in [2.05, 4.69) is 5.32 Å². The number of hydrogen-bond donors (Lipinski definition) is 1. The fourth-order valence-electron chi connectivity index (χ4n) is 2.43. The van der Waals surface area contributed by atoms with E-state index in [-0.39, 0.29) is 11.6 Å². The summed E-state index contributed by atoms with van der Waals surface area (Å²) in [5.41, 5.74) is 1.37. The zero-order valence-electron chi connectivity index (χ0n) is 13.8. The van der Waals surface area contributed by atoms with Crippen molar-refractivity contribution in [2.75, 3.05) is 0 Å². The third kappa shape index (κ3) is 4.24. The van der Waals surface area contributed by atoms with Gasteiger partial charge in [-0.05, 0) is 29.8 Å². The summed E-state index contributed by atoms with van der Waals surface area (Å²) < 4.78 is 5.60. The molecule has 0 aliphatic heterocycles. The van der Waals surface area contributed by atoms with E-state index in [0.29, 0.717) is 23.6 Å². The molecule has 0 aliphatic carbocycles. The molecule has 0 fully saturated rings. The number of hydrogen-bond acceptors (Lipinski definition) is 4. The first-order chi connectivity index (χ1) is 12.6. The van der Waals surface area contributed by atoms with E-state index in [0.717, 1.165) is 5.56 Å². The molecule has 3 rings (SSSR count). The smallest absolute Gasteiger partial charge is 0.280 e. The number of nitro benzene ring substituents is 1. The van der Waals surface area contributed by atoms with Gasteiger partial charge in [0.05, 0.1) is 10.5 Å². The van der Waals surface area contributed by atoms with Crippen LogP contribution in [-0.2, 0) is 11.3 Å². The largest absolute Gasteiger partial charge is 0.456 e. The van der Waals surface area contributed by atoms with Crippen molar-refractivity contribution >= 4 is 17.7 Å². The van der Waals surface area contributed by atoms with Crippen molar-refractivity contribution in [1.29, 1.82) is 0 Å². The quantitative estimate of drug-likeness (QED) is 0.411. The molecular formula is C20H16N2O4. The molecule has 130 valence electrons. The van der Waals surface area contributed by atoms with Crippen LogP contribution in [-0.4, -0.2) is 10.8 Å². The molecule has 0 saturated carbocycles. The summed E-state index contributed by atoms with van der Waals surface area (Å²) >= 11 is 0. The Morgan fingerprint density at radius 1 is 1.04 bits per heavy atom. The highest BCUT2D eigenvalue weighted by atomic mass is 16.6. The van der Waals surface area contributed by atoms with Crippen LogP contribution in [0.4, 0.5) is 5.69 Å². The van der Waals surface area contributed by atoms with E-state index in [1.807, 2.05) is 30.3 Å². The lowest BCUT2D eigenvalue weighted by atomic mass is 10.1. The van der Waals surface area contributed by atoms with Gasteiger partial charge in [-0.3, -0.25) is 14.9 Å². The molecule has 2 aromatic carbocycles. The molecule has 0 aliphatic rings. The Hall–Kier alpha value is -3.67. The number of furan rings is 1. The normalized spacial score (nSPS) is 10.8. The Balaban J connectivity index is 1.66. The second-order valence-corrected chi connectivity index (χ2v) is 5.51. The predicted molar refractivity (Wildman–Crippen MR) is 98.1 cm³/mol. The van der Waals surface area contributed by atoms with Crippen LogP contribution in [0.1, 0.15) is 11.3 Å². The second-order valence-electron chi connectivity index (χ2n) is 5.51. The Kier molecular flexibility index (Phi) is 5.24. The van der Waals surface area contributed by atoms with E-state index in [1.165, 1.54) is 18.2 Å². The molecule has 1 aromatic heterocycles. The molecular weight excluding hydrogens is 332 g/mol. The standard InChI is InChI=1S/C20H16N2O4/c23-20(21-14-15-6-2-1-3-7-15)13-11-16-10-12-19(26-16)17-8-4-5-9-18(17)22(24)25/h1-13H,14H2,(H,21,23)/b13-11+. The Labute approximate surface area is 149 Å². The molecule has 1 amide bonds. The van der Waals surface area contributed by atoms with Crippen LogP contribution in [0.5, 0.6) is 0 Å². The highest BCUT2D eigenvalue weighted by Gasteiger charge is 2.16. The van der Waals surface area contributed by atoms with Crippen LogP contribution in [0.2, 0.25) is 0 Å². The number of carbonyl (C=O) groups excluding carboxylic acids is 1. The van der Waals surface area contributed by atoms with E-state index in [1.54, 1.807) is 30.3 Å². The summed E-state index contributed by atoms with van der Waals surface area (Å²) in [6, 6.07) is 19.2. The van der Waals surface area contributed by atoms with Crippen molar-refractivity contribution in [1.82, 2.24) is 5.32 Å². The molecule has 6 nitrogen and oxygen atoms in total. The van der Waals surface area contributed by atoms with Crippen LogP contribution in [0.3, 0.4) is 0 Å². The van der Waals surface area contributed by atoms with E-state index >= 15 is 0 Å². The summed E-state index contributed by atoms with van der Waals surface area (Å²) in [6.07, 6.45) is 2.89. The number of nitrogens with one attached hydrogen (secondary N) is 1. The van der Waals surface area contributed by atoms with E-state index in [9.17, 15) is 14.9 Å². The lowest BCUT2D eigenvalue weighted by molar-refractivity contribution is -0.384.